The van der Waals surface area contributed by atoms with Gasteiger partial charge < -0.3 is 15.0 Å². The van der Waals surface area contributed by atoms with Crippen LogP contribution in [-0.4, -0.2) is 50.3 Å². The van der Waals surface area contributed by atoms with E-state index in [0.29, 0.717) is 6.10 Å². The van der Waals surface area contributed by atoms with Crippen LogP contribution in [0.2, 0.25) is 0 Å². The lowest BCUT2D eigenvalue weighted by Crippen LogP contribution is -2.47. The van der Waals surface area contributed by atoms with Gasteiger partial charge in [-0.05, 0) is 50.3 Å². The second-order valence-electron chi connectivity index (χ2n) is 5.85. The van der Waals surface area contributed by atoms with Crippen molar-refractivity contribution in [3.8, 4) is 0 Å². The van der Waals surface area contributed by atoms with E-state index >= 15 is 0 Å². The van der Waals surface area contributed by atoms with E-state index in [-0.39, 0.29) is 5.82 Å². The Morgan fingerprint density at radius 1 is 1.39 bits per heavy atom. The third-order valence-corrected chi connectivity index (χ3v) is 4.17. The SMILES string of the molecule is CCOC1CCN(C(=NC)NCCCc2cccc(F)c2)CC1. The van der Waals surface area contributed by atoms with Gasteiger partial charge in [-0.15, -0.1) is 0 Å². The van der Waals surface area contributed by atoms with Gasteiger partial charge in [-0.3, -0.25) is 4.99 Å². The standard InChI is InChI=1S/C18H28FN3O/c1-3-23-17-9-12-22(13-10-17)18(20-2)21-11-5-7-15-6-4-8-16(19)14-15/h4,6,8,14,17H,3,5,7,9-13H2,1-2H3,(H,20,21). The maximum Gasteiger partial charge on any atom is 0.193 e. The number of benzene rings is 1. The second kappa shape index (κ2) is 9.50. The maximum absolute atomic E-state index is 13.1. The molecule has 0 aromatic heterocycles. The Bertz CT molecular complexity index is 499. The molecule has 0 amide bonds. The Kier molecular flexibility index (Phi) is 7.33. The van der Waals surface area contributed by atoms with E-state index in [4.69, 9.17) is 4.74 Å². The number of aliphatic imine (C=N–C) groups is 1. The number of rotatable bonds is 6. The highest BCUT2D eigenvalue weighted by Gasteiger charge is 2.21. The first-order valence-corrected chi connectivity index (χ1v) is 8.54. The summed E-state index contributed by atoms with van der Waals surface area (Å²) in [5, 5.41) is 3.41. The van der Waals surface area contributed by atoms with E-state index in [9.17, 15) is 4.39 Å². The smallest absolute Gasteiger partial charge is 0.193 e. The molecule has 4 nitrogen and oxygen atoms in total. The lowest BCUT2D eigenvalue weighted by molar-refractivity contribution is 0.0264. The number of nitrogens with zero attached hydrogens (tertiary/aromatic N) is 2. The molecule has 1 N–H and O–H groups in total. The topological polar surface area (TPSA) is 36.9 Å². The quantitative estimate of drug-likeness (QED) is 0.497. The first kappa shape index (κ1) is 17.7. The fourth-order valence-corrected chi connectivity index (χ4v) is 2.99. The van der Waals surface area contributed by atoms with Crippen molar-refractivity contribution < 1.29 is 9.13 Å². The molecule has 1 aromatic rings. The van der Waals surface area contributed by atoms with Crippen LogP contribution in [-0.2, 0) is 11.2 Å². The van der Waals surface area contributed by atoms with Crippen LogP contribution in [0.15, 0.2) is 29.3 Å². The molecule has 128 valence electrons. The predicted molar refractivity (Wildman–Crippen MR) is 92.3 cm³/mol. The number of likely N-dealkylation sites (tertiary alicyclic amines) is 1. The van der Waals surface area contributed by atoms with Crippen molar-refractivity contribution in [1.82, 2.24) is 10.2 Å². The normalized spacial score (nSPS) is 16.7. The lowest BCUT2D eigenvalue weighted by Gasteiger charge is -2.34. The molecular formula is C18H28FN3O. The van der Waals surface area contributed by atoms with Crippen LogP contribution < -0.4 is 5.32 Å². The number of guanidine groups is 1. The van der Waals surface area contributed by atoms with Crippen molar-refractivity contribution in [3.05, 3.63) is 35.6 Å². The summed E-state index contributed by atoms with van der Waals surface area (Å²) in [6, 6.07) is 6.82. The van der Waals surface area contributed by atoms with Crippen molar-refractivity contribution >= 4 is 5.96 Å². The number of piperidine rings is 1. The van der Waals surface area contributed by atoms with Crippen molar-refractivity contribution in [3.63, 3.8) is 0 Å². The van der Waals surface area contributed by atoms with Gasteiger partial charge in [0.05, 0.1) is 6.10 Å². The second-order valence-corrected chi connectivity index (χ2v) is 5.85. The molecule has 1 aliphatic heterocycles. The van der Waals surface area contributed by atoms with Crippen LogP contribution in [0.5, 0.6) is 0 Å². The molecular weight excluding hydrogens is 293 g/mol. The summed E-state index contributed by atoms with van der Waals surface area (Å²) in [4.78, 5) is 6.66. The van der Waals surface area contributed by atoms with Crippen molar-refractivity contribution in [2.24, 2.45) is 4.99 Å². The van der Waals surface area contributed by atoms with Gasteiger partial charge >= 0.3 is 0 Å². The van der Waals surface area contributed by atoms with Gasteiger partial charge in [0, 0.05) is 33.3 Å². The third-order valence-electron chi connectivity index (χ3n) is 4.17. The Balaban J connectivity index is 1.69. The average Bonchev–Trinajstić information content (AvgIpc) is 2.56. The predicted octanol–water partition coefficient (Wildman–Crippen LogP) is 2.83. The van der Waals surface area contributed by atoms with E-state index in [1.807, 2.05) is 20.0 Å². The third kappa shape index (κ3) is 5.82. The Morgan fingerprint density at radius 3 is 2.83 bits per heavy atom. The van der Waals surface area contributed by atoms with Crippen molar-refractivity contribution in [1.29, 1.82) is 0 Å². The Labute approximate surface area is 138 Å². The molecule has 0 aliphatic carbocycles. The number of nitrogens with one attached hydrogen (secondary N) is 1. The van der Waals surface area contributed by atoms with E-state index in [2.05, 4.69) is 15.2 Å². The molecule has 2 rings (SSSR count). The summed E-state index contributed by atoms with van der Waals surface area (Å²) in [5.41, 5.74) is 1.04. The first-order valence-electron chi connectivity index (χ1n) is 8.54. The molecule has 0 unspecified atom stereocenters. The van der Waals surface area contributed by atoms with E-state index in [1.54, 1.807) is 12.1 Å². The van der Waals surface area contributed by atoms with Crippen LogP contribution in [0.4, 0.5) is 4.39 Å². The van der Waals surface area contributed by atoms with Gasteiger partial charge in [0.15, 0.2) is 5.96 Å². The summed E-state index contributed by atoms with van der Waals surface area (Å²) in [6.07, 6.45) is 4.32. The van der Waals surface area contributed by atoms with Crippen molar-refractivity contribution in [2.45, 2.75) is 38.7 Å². The molecule has 1 fully saturated rings. The van der Waals surface area contributed by atoms with Crippen LogP contribution in [0, 0.1) is 5.82 Å². The summed E-state index contributed by atoms with van der Waals surface area (Å²) < 4.78 is 18.8. The molecule has 0 bridgehead atoms. The molecule has 0 spiro atoms. The largest absolute Gasteiger partial charge is 0.378 e. The fourth-order valence-electron chi connectivity index (χ4n) is 2.99. The summed E-state index contributed by atoms with van der Waals surface area (Å²) in [7, 11) is 1.82. The van der Waals surface area contributed by atoms with Gasteiger partial charge in [-0.25, -0.2) is 4.39 Å². The molecule has 0 radical (unpaired) electrons. The highest BCUT2D eigenvalue weighted by atomic mass is 19.1. The number of ether oxygens (including phenoxy) is 1. The van der Waals surface area contributed by atoms with E-state index in [1.165, 1.54) is 6.07 Å². The van der Waals surface area contributed by atoms with Crippen LogP contribution in [0.25, 0.3) is 0 Å². The Hall–Kier alpha value is -1.62. The summed E-state index contributed by atoms with van der Waals surface area (Å²) in [6.45, 7) is 5.64. The minimum atomic E-state index is -0.163. The highest BCUT2D eigenvalue weighted by Crippen LogP contribution is 2.13. The zero-order valence-corrected chi connectivity index (χ0v) is 14.2. The molecule has 1 heterocycles. The van der Waals surface area contributed by atoms with Crippen LogP contribution in [0.1, 0.15) is 31.7 Å². The fraction of sp³-hybridized carbons (Fsp3) is 0.611. The molecule has 23 heavy (non-hydrogen) atoms. The highest BCUT2D eigenvalue weighted by molar-refractivity contribution is 5.79. The first-order chi connectivity index (χ1) is 11.2. The lowest BCUT2D eigenvalue weighted by atomic mass is 10.1. The maximum atomic E-state index is 13.1. The minimum absolute atomic E-state index is 0.163. The monoisotopic (exact) mass is 321 g/mol. The average molecular weight is 321 g/mol. The van der Waals surface area contributed by atoms with Gasteiger partial charge in [-0.1, -0.05) is 12.1 Å². The van der Waals surface area contributed by atoms with Crippen LogP contribution >= 0.6 is 0 Å². The van der Waals surface area contributed by atoms with Gasteiger partial charge in [-0.2, -0.15) is 0 Å². The summed E-state index contributed by atoms with van der Waals surface area (Å²) in [5.74, 6) is 0.794. The molecule has 0 atom stereocenters. The number of hydrogen-bond donors (Lipinski definition) is 1. The number of halogens is 1. The molecule has 5 heteroatoms. The van der Waals surface area contributed by atoms with E-state index < -0.39 is 0 Å². The van der Waals surface area contributed by atoms with Gasteiger partial charge in [0.1, 0.15) is 5.82 Å². The zero-order valence-electron chi connectivity index (χ0n) is 14.2. The Morgan fingerprint density at radius 2 is 2.17 bits per heavy atom. The molecule has 1 aromatic carbocycles. The zero-order chi connectivity index (χ0) is 16.5. The van der Waals surface area contributed by atoms with Crippen molar-refractivity contribution in [2.75, 3.05) is 33.3 Å². The number of aryl methyl sites for hydroxylation is 1. The van der Waals surface area contributed by atoms with Gasteiger partial charge in [0.2, 0.25) is 0 Å². The summed E-state index contributed by atoms with van der Waals surface area (Å²) >= 11 is 0. The van der Waals surface area contributed by atoms with Gasteiger partial charge in [0.25, 0.3) is 0 Å². The van der Waals surface area contributed by atoms with E-state index in [0.717, 1.165) is 63.4 Å². The number of hydrogen-bond acceptors (Lipinski definition) is 2. The molecule has 1 aliphatic rings. The van der Waals surface area contributed by atoms with Crippen LogP contribution in [0.3, 0.4) is 0 Å². The molecule has 0 saturated carbocycles. The molecule has 1 saturated heterocycles. The minimum Gasteiger partial charge on any atom is -0.378 e.